The highest BCUT2D eigenvalue weighted by atomic mass is 79.9. The number of nitrogens with zero attached hydrogens (tertiary/aromatic N) is 1. The molecule has 2 atom stereocenters. The number of hydrogen-bond acceptors (Lipinski definition) is 3. The number of morpholine rings is 1. The first-order valence-electron chi connectivity index (χ1n) is 6.97. The van der Waals surface area contributed by atoms with Crippen molar-refractivity contribution in [3.8, 4) is 0 Å². The molecule has 0 bridgehead atoms. The number of benzene rings is 1. The van der Waals surface area contributed by atoms with Crippen LogP contribution in [0, 0.1) is 0 Å². The zero-order valence-electron chi connectivity index (χ0n) is 11.9. The van der Waals surface area contributed by atoms with Crippen LogP contribution in [0.5, 0.6) is 0 Å². The van der Waals surface area contributed by atoms with Crippen LogP contribution < -0.4 is 5.32 Å². The number of halogens is 1. The van der Waals surface area contributed by atoms with E-state index in [1.165, 1.54) is 0 Å². The maximum atomic E-state index is 12.3. The summed E-state index contributed by atoms with van der Waals surface area (Å²) in [5.41, 5.74) is 0.675. The lowest BCUT2D eigenvalue weighted by molar-refractivity contribution is 0.0137. The van der Waals surface area contributed by atoms with Gasteiger partial charge in [-0.2, -0.15) is 0 Å². The maximum absolute atomic E-state index is 12.3. The Morgan fingerprint density at radius 1 is 1.30 bits per heavy atom. The molecule has 0 spiro atoms. The number of nitrogens with one attached hydrogen (secondary N) is 1. The third-order valence-electron chi connectivity index (χ3n) is 3.82. The summed E-state index contributed by atoms with van der Waals surface area (Å²) in [4.78, 5) is 14.6. The first kappa shape index (κ1) is 15.5. The van der Waals surface area contributed by atoms with Gasteiger partial charge in [-0.25, -0.2) is 0 Å². The van der Waals surface area contributed by atoms with Gasteiger partial charge in [0.1, 0.15) is 0 Å². The van der Waals surface area contributed by atoms with E-state index in [9.17, 15) is 4.79 Å². The lowest BCUT2D eigenvalue weighted by Gasteiger charge is -2.35. The highest BCUT2D eigenvalue weighted by Gasteiger charge is 2.23. The van der Waals surface area contributed by atoms with E-state index in [4.69, 9.17) is 4.74 Å². The Balaban J connectivity index is 1.95. The fourth-order valence-corrected chi connectivity index (χ4v) is 2.82. The zero-order valence-corrected chi connectivity index (χ0v) is 13.5. The van der Waals surface area contributed by atoms with Gasteiger partial charge < -0.3 is 10.1 Å². The summed E-state index contributed by atoms with van der Waals surface area (Å²) < 4.78 is 6.18. The van der Waals surface area contributed by atoms with Crippen molar-refractivity contribution in [2.75, 3.05) is 26.3 Å². The second-order valence-electron chi connectivity index (χ2n) is 5.13. The van der Waals surface area contributed by atoms with E-state index in [2.05, 4.69) is 40.0 Å². The third kappa shape index (κ3) is 3.81. The summed E-state index contributed by atoms with van der Waals surface area (Å²) in [6.07, 6.45) is 0. The summed E-state index contributed by atoms with van der Waals surface area (Å²) in [6, 6.07) is 7.87. The van der Waals surface area contributed by atoms with Crippen molar-refractivity contribution < 1.29 is 9.53 Å². The summed E-state index contributed by atoms with van der Waals surface area (Å²) in [7, 11) is 0. The fraction of sp³-hybridized carbons (Fsp3) is 0.533. The average Bonchev–Trinajstić information content (AvgIpc) is 2.47. The summed E-state index contributed by atoms with van der Waals surface area (Å²) in [5.74, 6) is -0.0370. The van der Waals surface area contributed by atoms with Crippen LogP contribution in [0.3, 0.4) is 0 Å². The Labute approximate surface area is 128 Å². The van der Waals surface area contributed by atoms with Gasteiger partial charge in [-0.15, -0.1) is 0 Å². The van der Waals surface area contributed by atoms with Gasteiger partial charge in [-0.3, -0.25) is 9.69 Å². The minimum atomic E-state index is -0.0370. The van der Waals surface area contributed by atoms with Gasteiger partial charge in [0.05, 0.1) is 18.8 Å². The maximum Gasteiger partial charge on any atom is 0.252 e. The molecule has 20 heavy (non-hydrogen) atoms. The van der Waals surface area contributed by atoms with Crippen LogP contribution in [-0.2, 0) is 4.74 Å². The van der Waals surface area contributed by atoms with E-state index in [1.54, 1.807) is 0 Å². The molecule has 4 nitrogen and oxygen atoms in total. The van der Waals surface area contributed by atoms with E-state index < -0.39 is 0 Å². The monoisotopic (exact) mass is 340 g/mol. The molecule has 1 N–H and O–H groups in total. The number of amides is 1. The molecule has 0 aliphatic carbocycles. The third-order valence-corrected chi connectivity index (χ3v) is 4.51. The number of carbonyl (C=O) groups excluding carboxylic acids is 1. The molecule has 1 heterocycles. The van der Waals surface area contributed by atoms with Gasteiger partial charge in [-0.1, -0.05) is 12.1 Å². The quantitative estimate of drug-likeness (QED) is 0.914. The molecule has 1 aliphatic rings. The molecule has 5 heteroatoms. The summed E-state index contributed by atoms with van der Waals surface area (Å²) >= 11 is 3.41. The van der Waals surface area contributed by atoms with Crippen LogP contribution in [0.1, 0.15) is 24.2 Å². The molecule has 110 valence electrons. The normalized spacial score (nSPS) is 19.4. The van der Waals surface area contributed by atoms with Crippen molar-refractivity contribution in [3.05, 3.63) is 34.3 Å². The zero-order chi connectivity index (χ0) is 14.5. The van der Waals surface area contributed by atoms with E-state index >= 15 is 0 Å². The minimum absolute atomic E-state index is 0.0370. The predicted octanol–water partition coefficient (Wildman–Crippen LogP) is 2.29. The van der Waals surface area contributed by atoms with Gasteiger partial charge in [0.25, 0.3) is 5.91 Å². The largest absolute Gasteiger partial charge is 0.379 e. The average molecular weight is 341 g/mol. The van der Waals surface area contributed by atoms with Crippen molar-refractivity contribution in [2.45, 2.75) is 25.9 Å². The number of rotatable bonds is 4. The van der Waals surface area contributed by atoms with Gasteiger partial charge in [0, 0.05) is 29.6 Å². The first-order chi connectivity index (χ1) is 9.59. The molecule has 0 saturated carbocycles. The first-order valence-corrected chi connectivity index (χ1v) is 7.76. The van der Waals surface area contributed by atoms with Gasteiger partial charge >= 0.3 is 0 Å². The molecular weight excluding hydrogens is 320 g/mol. The Morgan fingerprint density at radius 3 is 2.60 bits per heavy atom. The van der Waals surface area contributed by atoms with Crippen LogP contribution in [0.2, 0.25) is 0 Å². The van der Waals surface area contributed by atoms with Crippen LogP contribution in [0.15, 0.2) is 28.7 Å². The van der Waals surface area contributed by atoms with Crippen LogP contribution >= 0.6 is 15.9 Å². The molecule has 1 fully saturated rings. The standard InChI is InChI=1S/C15H21BrN2O2/c1-11(12(2)18-7-9-20-10-8-18)17-15(19)13-5-3-4-6-14(13)16/h3-6,11-12H,7-10H2,1-2H3,(H,17,19)/t11-,12-/m0/s1. The SMILES string of the molecule is C[C@H](NC(=O)c1ccccc1Br)[C@H](C)N1CCOCC1. The molecule has 1 amide bonds. The Hall–Kier alpha value is -0.910. The van der Waals surface area contributed by atoms with Crippen molar-refractivity contribution in [1.29, 1.82) is 0 Å². The van der Waals surface area contributed by atoms with Crippen LogP contribution in [0.25, 0.3) is 0 Å². The van der Waals surface area contributed by atoms with E-state index in [0.29, 0.717) is 11.6 Å². The lowest BCUT2D eigenvalue weighted by atomic mass is 10.1. The highest BCUT2D eigenvalue weighted by Crippen LogP contribution is 2.16. The summed E-state index contributed by atoms with van der Waals surface area (Å²) in [5, 5.41) is 3.08. The van der Waals surface area contributed by atoms with E-state index in [0.717, 1.165) is 30.8 Å². The Bertz CT molecular complexity index is 461. The number of carbonyl (C=O) groups is 1. The summed E-state index contributed by atoms with van der Waals surface area (Å²) in [6.45, 7) is 7.60. The second kappa shape index (κ2) is 7.20. The smallest absolute Gasteiger partial charge is 0.252 e. The van der Waals surface area contributed by atoms with Gasteiger partial charge in [0.15, 0.2) is 0 Å². The topological polar surface area (TPSA) is 41.6 Å². The molecule has 1 aromatic carbocycles. The lowest BCUT2D eigenvalue weighted by Crippen LogP contribution is -2.52. The van der Waals surface area contributed by atoms with Crippen molar-refractivity contribution in [2.24, 2.45) is 0 Å². The van der Waals surface area contributed by atoms with Crippen molar-refractivity contribution >= 4 is 21.8 Å². The van der Waals surface area contributed by atoms with Crippen molar-refractivity contribution in [3.63, 3.8) is 0 Å². The molecule has 2 rings (SSSR count). The number of hydrogen-bond donors (Lipinski definition) is 1. The highest BCUT2D eigenvalue weighted by molar-refractivity contribution is 9.10. The fourth-order valence-electron chi connectivity index (χ4n) is 2.35. The molecule has 0 aromatic heterocycles. The van der Waals surface area contributed by atoms with Gasteiger partial charge in [0.2, 0.25) is 0 Å². The van der Waals surface area contributed by atoms with E-state index in [-0.39, 0.29) is 11.9 Å². The second-order valence-corrected chi connectivity index (χ2v) is 5.99. The van der Waals surface area contributed by atoms with Crippen molar-refractivity contribution in [1.82, 2.24) is 10.2 Å². The molecule has 1 aliphatic heterocycles. The Kier molecular flexibility index (Phi) is 5.57. The van der Waals surface area contributed by atoms with Gasteiger partial charge in [-0.05, 0) is 41.9 Å². The molecular formula is C15H21BrN2O2. The van der Waals surface area contributed by atoms with Crippen LogP contribution in [-0.4, -0.2) is 49.2 Å². The molecule has 1 aromatic rings. The predicted molar refractivity (Wildman–Crippen MR) is 82.9 cm³/mol. The Morgan fingerprint density at radius 2 is 1.95 bits per heavy atom. The van der Waals surface area contributed by atoms with E-state index in [1.807, 2.05) is 24.3 Å². The molecule has 0 radical (unpaired) electrons. The number of ether oxygens (including phenoxy) is 1. The molecule has 0 unspecified atom stereocenters. The molecule has 1 saturated heterocycles. The van der Waals surface area contributed by atoms with Crippen LogP contribution in [0.4, 0.5) is 0 Å². The minimum Gasteiger partial charge on any atom is -0.379 e.